The van der Waals surface area contributed by atoms with Crippen molar-refractivity contribution in [2.45, 2.75) is 13.8 Å². The number of aromatic amines is 1. The maximum Gasteiger partial charge on any atom is 0.178 e. The van der Waals surface area contributed by atoms with Crippen LogP contribution in [0.2, 0.25) is 0 Å². The Kier molecular flexibility index (Phi) is 4.45. The van der Waals surface area contributed by atoms with E-state index in [0.717, 1.165) is 11.4 Å². The second-order valence-electron chi connectivity index (χ2n) is 3.88. The van der Waals surface area contributed by atoms with Gasteiger partial charge in [-0.1, -0.05) is 0 Å². The molecular weight excluding hydrogens is 216 g/mol. The minimum atomic E-state index is -0.0719. The summed E-state index contributed by atoms with van der Waals surface area (Å²) < 4.78 is 0. The average Bonchev–Trinajstić information content (AvgIpc) is 2.58. The topological polar surface area (TPSA) is 83.7 Å². The van der Waals surface area contributed by atoms with E-state index in [0.29, 0.717) is 5.56 Å². The number of H-pyrrole nitrogens is 1. The largest absolute Gasteiger partial charge is 0.362 e. The van der Waals surface area contributed by atoms with Crippen molar-refractivity contribution >= 4 is 5.78 Å². The number of ketones is 1. The van der Waals surface area contributed by atoms with Crippen molar-refractivity contribution in [1.82, 2.24) is 9.88 Å². The number of nitrogens with zero attached hydrogens (tertiary/aromatic N) is 3. The van der Waals surface area contributed by atoms with Gasteiger partial charge in [-0.15, -0.1) is 0 Å². The van der Waals surface area contributed by atoms with Gasteiger partial charge in [-0.25, -0.2) is 0 Å². The number of hydrogen-bond acceptors (Lipinski definition) is 4. The van der Waals surface area contributed by atoms with Crippen LogP contribution in [0.3, 0.4) is 0 Å². The lowest BCUT2D eigenvalue weighted by Gasteiger charge is -2.13. The number of carbonyl (C=O) groups excluding carboxylic acids is 1. The molecule has 0 saturated heterocycles. The summed E-state index contributed by atoms with van der Waals surface area (Å²) in [7, 11) is 0. The molecule has 5 nitrogen and oxygen atoms in total. The lowest BCUT2D eigenvalue weighted by atomic mass is 10.1. The predicted molar refractivity (Wildman–Crippen MR) is 62.3 cm³/mol. The number of aromatic nitrogens is 1. The Morgan fingerprint density at radius 1 is 1.35 bits per heavy atom. The van der Waals surface area contributed by atoms with E-state index >= 15 is 0 Å². The summed E-state index contributed by atoms with van der Waals surface area (Å²) in [5, 5.41) is 17.2. The first-order chi connectivity index (χ1) is 8.08. The molecule has 5 heteroatoms. The number of Topliss-reactive ketones (excluding diaryl/α,β-unsaturated/α-hetero) is 1. The summed E-state index contributed by atoms with van der Waals surface area (Å²) in [6, 6.07) is 5.67. The first-order valence-electron chi connectivity index (χ1n) is 5.24. The van der Waals surface area contributed by atoms with Crippen LogP contribution in [0.5, 0.6) is 0 Å². The van der Waals surface area contributed by atoms with E-state index in [1.54, 1.807) is 6.07 Å². The van der Waals surface area contributed by atoms with Crippen LogP contribution in [0.4, 0.5) is 0 Å². The summed E-state index contributed by atoms with van der Waals surface area (Å²) in [5.74, 6) is -0.0719. The monoisotopic (exact) mass is 230 g/mol. The Labute approximate surface area is 100 Å². The molecule has 0 bridgehead atoms. The summed E-state index contributed by atoms with van der Waals surface area (Å²) in [6.45, 7) is 3.98. The number of hydrogen-bond donors (Lipinski definition) is 1. The number of aryl methyl sites for hydroxylation is 2. The molecule has 17 heavy (non-hydrogen) atoms. The van der Waals surface area contributed by atoms with Crippen LogP contribution in [0.1, 0.15) is 21.7 Å². The summed E-state index contributed by atoms with van der Waals surface area (Å²) in [6.07, 6.45) is 0. The van der Waals surface area contributed by atoms with Crippen molar-refractivity contribution < 1.29 is 4.79 Å². The highest BCUT2D eigenvalue weighted by molar-refractivity contribution is 5.98. The van der Waals surface area contributed by atoms with Gasteiger partial charge in [-0.05, 0) is 19.9 Å². The Balaban J connectivity index is 2.74. The first-order valence-corrected chi connectivity index (χ1v) is 5.24. The van der Waals surface area contributed by atoms with Crippen LogP contribution in [-0.2, 0) is 0 Å². The molecule has 0 aromatic carbocycles. The molecule has 0 spiro atoms. The maximum absolute atomic E-state index is 12.0. The van der Waals surface area contributed by atoms with Gasteiger partial charge in [0.1, 0.15) is 0 Å². The van der Waals surface area contributed by atoms with Crippen molar-refractivity contribution in [3.05, 3.63) is 23.0 Å². The minimum absolute atomic E-state index is 0.0719. The van der Waals surface area contributed by atoms with Gasteiger partial charge in [0.05, 0.1) is 31.8 Å². The molecule has 0 aliphatic heterocycles. The highest BCUT2D eigenvalue weighted by Gasteiger charge is 2.15. The third-order valence-electron chi connectivity index (χ3n) is 2.41. The third-order valence-corrected chi connectivity index (χ3v) is 2.41. The lowest BCUT2D eigenvalue weighted by molar-refractivity contribution is 0.0946. The van der Waals surface area contributed by atoms with Crippen LogP contribution in [0.15, 0.2) is 6.07 Å². The summed E-state index contributed by atoms with van der Waals surface area (Å²) >= 11 is 0. The Morgan fingerprint density at radius 2 is 1.94 bits per heavy atom. The molecule has 0 aliphatic carbocycles. The molecule has 0 fully saturated rings. The predicted octanol–water partition coefficient (Wildman–Crippen LogP) is 1.16. The maximum atomic E-state index is 12.0. The van der Waals surface area contributed by atoms with E-state index in [9.17, 15) is 4.79 Å². The van der Waals surface area contributed by atoms with Crippen LogP contribution >= 0.6 is 0 Å². The number of nitriles is 2. The molecule has 1 aromatic rings. The van der Waals surface area contributed by atoms with Gasteiger partial charge in [-0.2, -0.15) is 10.5 Å². The van der Waals surface area contributed by atoms with Gasteiger partial charge < -0.3 is 4.98 Å². The number of nitrogens with one attached hydrogen (secondary N) is 1. The van der Waals surface area contributed by atoms with Gasteiger partial charge in [0, 0.05) is 17.0 Å². The summed E-state index contributed by atoms with van der Waals surface area (Å²) in [5.41, 5.74) is 2.38. The smallest absolute Gasteiger partial charge is 0.178 e. The van der Waals surface area contributed by atoms with Crippen LogP contribution in [0.25, 0.3) is 0 Å². The Bertz CT molecular complexity index is 474. The van der Waals surface area contributed by atoms with Crippen molar-refractivity contribution in [3.8, 4) is 12.1 Å². The molecule has 1 aromatic heterocycles. The van der Waals surface area contributed by atoms with Crippen LogP contribution < -0.4 is 0 Å². The van der Waals surface area contributed by atoms with Gasteiger partial charge in [0.2, 0.25) is 0 Å². The highest BCUT2D eigenvalue weighted by atomic mass is 16.1. The van der Waals surface area contributed by atoms with Crippen molar-refractivity contribution in [2.75, 3.05) is 19.6 Å². The zero-order chi connectivity index (χ0) is 12.8. The quantitative estimate of drug-likeness (QED) is 0.607. The van der Waals surface area contributed by atoms with E-state index in [-0.39, 0.29) is 25.4 Å². The van der Waals surface area contributed by atoms with Crippen molar-refractivity contribution in [3.63, 3.8) is 0 Å². The minimum Gasteiger partial charge on any atom is -0.362 e. The van der Waals surface area contributed by atoms with Crippen molar-refractivity contribution in [1.29, 1.82) is 10.5 Å². The fourth-order valence-electron chi connectivity index (χ4n) is 1.67. The number of carbonyl (C=O) groups is 1. The molecule has 88 valence electrons. The Hall–Kier alpha value is -2.11. The molecule has 1 N–H and O–H groups in total. The normalized spacial score (nSPS) is 9.94. The molecule has 0 aliphatic rings. The average molecular weight is 230 g/mol. The van der Waals surface area contributed by atoms with E-state index < -0.39 is 0 Å². The first kappa shape index (κ1) is 13.0. The molecule has 0 atom stereocenters. The second kappa shape index (κ2) is 5.83. The van der Waals surface area contributed by atoms with Crippen molar-refractivity contribution in [2.24, 2.45) is 0 Å². The summed E-state index contributed by atoms with van der Waals surface area (Å²) in [4.78, 5) is 16.5. The fourth-order valence-corrected chi connectivity index (χ4v) is 1.67. The molecule has 0 unspecified atom stereocenters. The lowest BCUT2D eigenvalue weighted by Crippen LogP contribution is -2.30. The molecule has 1 heterocycles. The second-order valence-corrected chi connectivity index (χ2v) is 3.88. The fraction of sp³-hybridized carbons (Fsp3) is 0.417. The molecule has 0 amide bonds. The zero-order valence-corrected chi connectivity index (χ0v) is 9.95. The Morgan fingerprint density at radius 3 is 2.35 bits per heavy atom. The molecule has 1 rings (SSSR count). The molecule has 0 radical (unpaired) electrons. The molecule has 0 saturated carbocycles. The van der Waals surface area contributed by atoms with Gasteiger partial charge in [0.25, 0.3) is 0 Å². The highest BCUT2D eigenvalue weighted by Crippen LogP contribution is 2.10. The zero-order valence-electron chi connectivity index (χ0n) is 9.95. The molecular formula is C12H14N4O. The van der Waals surface area contributed by atoms with E-state index in [1.165, 1.54) is 4.90 Å². The van der Waals surface area contributed by atoms with Crippen LogP contribution in [-0.4, -0.2) is 35.3 Å². The van der Waals surface area contributed by atoms with E-state index in [2.05, 4.69) is 4.98 Å². The van der Waals surface area contributed by atoms with E-state index in [4.69, 9.17) is 10.5 Å². The van der Waals surface area contributed by atoms with Gasteiger partial charge >= 0.3 is 0 Å². The van der Waals surface area contributed by atoms with Gasteiger partial charge in [0.15, 0.2) is 5.78 Å². The third kappa shape index (κ3) is 3.44. The van der Waals surface area contributed by atoms with E-state index in [1.807, 2.05) is 26.0 Å². The SMILES string of the molecule is Cc1cc(C(=O)CN(CC#N)CC#N)c(C)[nH]1. The van der Waals surface area contributed by atoms with Gasteiger partial charge in [-0.3, -0.25) is 9.69 Å². The standard InChI is InChI=1S/C12H14N4O/c1-9-7-11(10(2)15-9)12(17)8-16(5-3-13)6-4-14/h7,15H,5-6,8H2,1-2H3. The van der Waals surface area contributed by atoms with Crippen LogP contribution in [0, 0.1) is 36.5 Å². The number of rotatable bonds is 5.